The molecule has 0 bridgehead atoms. The molecule has 0 atom stereocenters. The van der Waals surface area contributed by atoms with Crippen molar-refractivity contribution in [1.29, 1.82) is 0 Å². The van der Waals surface area contributed by atoms with Gasteiger partial charge < -0.3 is 0 Å². The highest BCUT2D eigenvalue weighted by atomic mass is 19.1. The van der Waals surface area contributed by atoms with Gasteiger partial charge in [-0.2, -0.15) is 4.39 Å². The minimum Gasteiger partial charge on any atom is -0.187 e. The molecule has 0 fully saturated rings. The number of rotatable bonds is 2. The van der Waals surface area contributed by atoms with Gasteiger partial charge in [0, 0.05) is 6.42 Å². The van der Waals surface area contributed by atoms with Gasteiger partial charge in [-0.1, -0.05) is 13.8 Å². The highest BCUT2D eigenvalue weighted by molar-refractivity contribution is 4.73. The summed E-state index contributed by atoms with van der Waals surface area (Å²) in [4.78, 5) is 0. The van der Waals surface area contributed by atoms with Gasteiger partial charge in [-0.25, -0.2) is 0 Å². The third-order valence-corrected chi connectivity index (χ3v) is 1.10. The van der Waals surface area contributed by atoms with E-state index in [0.717, 1.165) is 0 Å². The predicted octanol–water partition coefficient (Wildman–Crippen LogP) is 2.49. The fraction of sp³-hybridized carbons (Fsp3) is 1.00. The van der Waals surface area contributed by atoms with Gasteiger partial charge in [0.2, 0.25) is 0 Å². The zero-order chi connectivity index (χ0) is 7.61. The molecule has 1 aliphatic heterocycles. The molecule has 0 aromatic carbocycles. The smallest absolute Gasteiger partial charge is 0.187 e. The lowest BCUT2D eigenvalue weighted by molar-refractivity contribution is 0.149. The quantitative estimate of drug-likeness (QED) is 0.534. The number of hydrogen-bond acceptors (Lipinski definition) is 4. The van der Waals surface area contributed by atoms with Crippen molar-refractivity contribution in [3.63, 3.8) is 0 Å². The summed E-state index contributed by atoms with van der Waals surface area (Å²) in [7, 11) is 0. The Balaban J connectivity index is 2.53. The molecule has 1 aliphatic rings. The molecule has 56 valence electrons. The number of alkyl halides is 1. The molecule has 1 heterocycles. The zero-order valence-electron chi connectivity index (χ0n) is 5.95. The molecule has 4 nitrogen and oxygen atoms in total. The Kier molecular flexibility index (Phi) is 1.74. The van der Waals surface area contributed by atoms with Crippen LogP contribution in [0.25, 0.3) is 0 Å². The van der Waals surface area contributed by atoms with Crippen molar-refractivity contribution in [3.8, 4) is 0 Å². The maximum atomic E-state index is 13.0. The van der Waals surface area contributed by atoms with E-state index >= 15 is 0 Å². The van der Waals surface area contributed by atoms with E-state index in [2.05, 4.69) is 20.7 Å². The number of halogens is 1. The molecular formula is C5H9FN4. The van der Waals surface area contributed by atoms with Crippen LogP contribution in [0.5, 0.6) is 0 Å². The maximum absolute atomic E-state index is 13.0. The van der Waals surface area contributed by atoms with Crippen LogP contribution in [0.15, 0.2) is 20.7 Å². The topological polar surface area (TPSA) is 49.4 Å². The molecule has 0 aromatic rings. The number of nitrogens with zero attached hydrogens (tertiary/aromatic N) is 4. The first-order valence-corrected chi connectivity index (χ1v) is 3.15. The van der Waals surface area contributed by atoms with Gasteiger partial charge >= 0.3 is 5.92 Å². The molecule has 0 amide bonds. The second-order valence-electron chi connectivity index (χ2n) is 2.70. The van der Waals surface area contributed by atoms with Gasteiger partial charge in [-0.3, -0.25) is 0 Å². The Bertz CT molecular complexity index is 162. The summed E-state index contributed by atoms with van der Waals surface area (Å²) in [5, 5.41) is 12.7. The van der Waals surface area contributed by atoms with Gasteiger partial charge in [0.05, 0.1) is 0 Å². The van der Waals surface area contributed by atoms with Crippen LogP contribution >= 0.6 is 0 Å². The molecule has 0 radical (unpaired) electrons. The van der Waals surface area contributed by atoms with Crippen LogP contribution in [0.3, 0.4) is 0 Å². The largest absolute Gasteiger partial charge is 0.332 e. The monoisotopic (exact) mass is 144 g/mol. The predicted molar refractivity (Wildman–Crippen MR) is 33.0 cm³/mol. The minimum absolute atomic E-state index is 0.209. The van der Waals surface area contributed by atoms with Crippen molar-refractivity contribution in [2.45, 2.75) is 26.2 Å². The Labute approximate surface area is 58.2 Å². The van der Waals surface area contributed by atoms with Crippen LogP contribution in [0.1, 0.15) is 20.3 Å². The summed E-state index contributed by atoms with van der Waals surface area (Å²) >= 11 is 0. The summed E-state index contributed by atoms with van der Waals surface area (Å²) in [5.74, 6) is -1.66. The lowest BCUT2D eigenvalue weighted by Crippen LogP contribution is -2.16. The van der Waals surface area contributed by atoms with Gasteiger partial charge in [-0.15, -0.1) is 10.2 Å². The Morgan fingerprint density at radius 2 is 1.80 bits per heavy atom. The molecular weight excluding hydrogens is 135 g/mol. The normalized spacial score (nSPS) is 20.8. The number of hydrogen-bond donors (Lipinski definition) is 0. The van der Waals surface area contributed by atoms with Gasteiger partial charge in [0.15, 0.2) is 0 Å². The fourth-order valence-corrected chi connectivity index (χ4v) is 0.798. The van der Waals surface area contributed by atoms with E-state index in [-0.39, 0.29) is 12.3 Å². The second kappa shape index (κ2) is 2.40. The van der Waals surface area contributed by atoms with E-state index in [1.165, 1.54) is 0 Å². The third kappa shape index (κ3) is 1.55. The van der Waals surface area contributed by atoms with Crippen molar-refractivity contribution in [1.82, 2.24) is 0 Å². The summed E-state index contributed by atoms with van der Waals surface area (Å²) in [5.41, 5.74) is 0. The summed E-state index contributed by atoms with van der Waals surface area (Å²) in [6.07, 6.45) is 0.250. The SMILES string of the molecule is CC(C)CC1(F)N=NN=N1. The molecule has 0 unspecified atom stereocenters. The first-order valence-electron chi connectivity index (χ1n) is 3.15. The van der Waals surface area contributed by atoms with E-state index in [4.69, 9.17) is 0 Å². The minimum atomic E-state index is -1.87. The lowest BCUT2D eigenvalue weighted by Gasteiger charge is -2.10. The third-order valence-electron chi connectivity index (χ3n) is 1.10. The van der Waals surface area contributed by atoms with Crippen molar-refractivity contribution >= 4 is 0 Å². The summed E-state index contributed by atoms with van der Waals surface area (Å²) in [6.45, 7) is 3.79. The Morgan fingerprint density at radius 1 is 1.30 bits per heavy atom. The molecule has 10 heavy (non-hydrogen) atoms. The van der Waals surface area contributed by atoms with Crippen molar-refractivity contribution < 1.29 is 4.39 Å². The molecule has 0 aliphatic carbocycles. The fourth-order valence-electron chi connectivity index (χ4n) is 0.798. The van der Waals surface area contributed by atoms with E-state index in [1.807, 2.05) is 13.8 Å². The zero-order valence-corrected chi connectivity index (χ0v) is 5.95. The summed E-state index contributed by atoms with van der Waals surface area (Å²) < 4.78 is 13.0. The second-order valence-corrected chi connectivity index (χ2v) is 2.70. The van der Waals surface area contributed by atoms with Crippen LogP contribution in [-0.4, -0.2) is 5.92 Å². The average Bonchev–Trinajstić information content (AvgIpc) is 2.12. The van der Waals surface area contributed by atoms with E-state index in [0.29, 0.717) is 0 Å². The van der Waals surface area contributed by atoms with E-state index in [9.17, 15) is 4.39 Å². The van der Waals surface area contributed by atoms with Crippen LogP contribution in [0.2, 0.25) is 0 Å². The van der Waals surface area contributed by atoms with Crippen molar-refractivity contribution in [2.75, 3.05) is 0 Å². The van der Waals surface area contributed by atoms with Gasteiger partial charge in [0.25, 0.3) is 0 Å². The average molecular weight is 144 g/mol. The molecule has 0 spiro atoms. The van der Waals surface area contributed by atoms with Crippen LogP contribution in [0, 0.1) is 5.92 Å². The molecule has 0 N–H and O–H groups in total. The molecule has 0 saturated carbocycles. The highest BCUT2D eigenvalue weighted by Gasteiger charge is 2.32. The molecule has 5 heteroatoms. The van der Waals surface area contributed by atoms with Crippen molar-refractivity contribution in [2.24, 2.45) is 26.6 Å². The highest BCUT2D eigenvalue weighted by Crippen LogP contribution is 2.28. The standard InChI is InChI=1S/C5H9FN4/c1-4(2)3-5(6)7-9-10-8-5/h4H,3H2,1-2H3. The molecule has 1 rings (SSSR count). The van der Waals surface area contributed by atoms with Crippen LogP contribution in [0.4, 0.5) is 4.39 Å². The maximum Gasteiger partial charge on any atom is 0.332 e. The Hall–Kier alpha value is -0.870. The van der Waals surface area contributed by atoms with Crippen molar-refractivity contribution in [3.05, 3.63) is 0 Å². The first-order chi connectivity index (χ1) is 4.62. The molecule has 0 saturated heterocycles. The Morgan fingerprint density at radius 3 is 2.20 bits per heavy atom. The van der Waals surface area contributed by atoms with Crippen LogP contribution in [-0.2, 0) is 0 Å². The first kappa shape index (κ1) is 7.24. The lowest BCUT2D eigenvalue weighted by atomic mass is 10.1. The van der Waals surface area contributed by atoms with E-state index in [1.54, 1.807) is 0 Å². The van der Waals surface area contributed by atoms with Gasteiger partial charge in [-0.05, 0) is 16.4 Å². The van der Waals surface area contributed by atoms with E-state index < -0.39 is 5.92 Å². The van der Waals surface area contributed by atoms with Crippen LogP contribution < -0.4 is 0 Å². The summed E-state index contributed by atoms with van der Waals surface area (Å²) in [6, 6.07) is 0. The van der Waals surface area contributed by atoms with Gasteiger partial charge in [0.1, 0.15) is 0 Å². The molecule has 0 aromatic heterocycles.